The van der Waals surface area contributed by atoms with Crippen molar-refractivity contribution in [3.63, 3.8) is 0 Å². The molecule has 0 bridgehead atoms. The van der Waals surface area contributed by atoms with E-state index in [-0.39, 0.29) is 10.8 Å². The summed E-state index contributed by atoms with van der Waals surface area (Å²) in [5.41, 5.74) is 1.22. The Morgan fingerprint density at radius 1 is 1.21 bits per heavy atom. The number of halogens is 1. The minimum Gasteiger partial charge on any atom is -0.242 e. The van der Waals surface area contributed by atoms with Crippen LogP contribution in [-0.2, 0) is 11.0 Å². The van der Waals surface area contributed by atoms with Crippen molar-refractivity contribution in [1.82, 2.24) is 4.31 Å². The van der Waals surface area contributed by atoms with Crippen molar-refractivity contribution in [2.45, 2.75) is 50.8 Å². The van der Waals surface area contributed by atoms with Crippen LogP contribution >= 0.6 is 11.6 Å². The minimum atomic E-state index is -0.959. The van der Waals surface area contributed by atoms with Crippen molar-refractivity contribution in [2.75, 3.05) is 6.54 Å². The second-order valence-electron chi connectivity index (χ2n) is 6.07. The number of hydrogen-bond donors (Lipinski definition) is 0. The first kappa shape index (κ1) is 15.0. The summed E-state index contributed by atoms with van der Waals surface area (Å²) < 4.78 is 14.6. The van der Waals surface area contributed by atoms with Crippen LogP contribution in [0.5, 0.6) is 0 Å². The highest BCUT2D eigenvalue weighted by atomic mass is 35.5. The Morgan fingerprint density at radius 3 is 2.42 bits per heavy atom. The Labute approximate surface area is 123 Å². The Kier molecular flexibility index (Phi) is 4.70. The molecular weight excluding hydrogens is 278 g/mol. The molecule has 0 amide bonds. The number of nitrogens with zero attached hydrogens (tertiary/aromatic N) is 1. The lowest BCUT2D eigenvalue weighted by atomic mass is 9.98. The molecule has 0 aliphatic carbocycles. The number of hydrogen-bond acceptors (Lipinski definition) is 1. The maximum Gasteiger partial charge on any atom is 0.100 e. The highest BCUT2D eigenvalue weighted by molar-refractivity contribution is 7.84. The van der Waals surface area contributed by atoms with E-state index in [1.54, 1.807) is 0 Å². The van der Waals surface area contributed by atoms with Gasteiger partial charge in [-0.3, -0.25) is 0 Å². The quantitative estimate of drug-likeness (QED) is 0.796. The molecule has 1 saturated heterocycles. The molecule has 1 fully saturated rings. The van der Waals surface area contributed by atoms with Crippen LogP contribution in [-0.4, -0.2) is 19.8 Å². The average Bonchev–Trinajstić information content (AvgIpc) is 2.38. The first-order chi connectivity index (χ1) is 8.89. The Balaban J connectivity index is 2.26. The monoisotopic (exact) mass is 299 g/mol. The summed E-state index contributed by atoms with van der Waals surface area (Å²) in [6.07, 6.45) is 3.40. The molecule has 19 heavy (non-hydrogen) atoms. The Bertz CT molecular complexity index is 452. The van der Waals surface area contributed by atoms with Crippen molar-refractivity contribution in [3.8, 4) is 0 Å². The summed E-state index contributed by atoms with van der Waals surface area (Å²) in [6, 6.07) is 8.22. The van der Waals surface area contributed by atoms with Crippen LogP contribution in [0.3, 0.4) is 0 Å². The molecule has 0 spiro atoms. The van der Waals surface area contributed by atoms with Gasteiger partial charge in [0.25, 0.3) is 0 Å². The topological polar surface area (TPSA) is 20.3 Å². The normalized spacial score (nSPS) is 23.3. The van der Waals surface area contributed by atoms with E-state index in [0.29, 0.717) is 0 Å². The highest BCUT2D eigenvalue weighted by Gasteiger charge is 2.33. The van der Waals surface area contributed by atoms with Crippen LogP contribution < -0.4 is 0 Å². The lowest BCUT2D eigenvalue weighted by Crippen LogP contribution is -2.42. The molecule has 1 aromatic rings. The van der Waals surface area contributed by atoms with Crippen LogP contribution in [0.1, 0.15) is 51.6 Å². The summed E-state index contributed by atoms with van der Waals surface area (Å²) in [6.45, 7) is 7.03. The highest BCUT2D eigenvalue weighted by Crippen LogP contribution is 2.35. The van der Waals surface area contributed by atoms with E-state index in [4.69, 9.17) is 11.6 Å². The molecule has 2 atom stereocenters. The number of rotatable bonds is 2. The van der Waals surface area contributed by atoms with E-state index in [9.17, 15) is 4.21 Å². The van der Waals surface area contributed by atoms with Crippen LogP contribution in [0, 0.1) is 0 Å². The molecule has 1 heterocycles. The van der Waals surface area contributed by atoms with E-state index < -0.39 is 11.0 Å². The fourth-order valence-electron chi connectivity index (χ4n) is 2.47. The van der Waals surface area contributed by atoms with E-state index in [1.807, 2.05) is 32.9 Å². The second-order valence-corrected chi connectivity index (χ2v) is 8.69. The van der Waals surface area contributed by atoms with Gasteiger partial charge >= 0.3 is 0 Å². The zero-order chi connectivity index (χ0) is 14.0. The molecule has 0 radical (unpaired) electrons. The molecule has 0 aromatic heterocycles. The van der Waals surface area contributed by atoms with Crippen molar-refractivity contribution in [2.24, 2.45) is 0 Å². The van der Waals surface area contributed by atoms with Crippen molar-refractivity contribution < 1.29 is 4.21 Å². The Hall–Kier alpha value is -0.380. The largest absolute Gasteiger partial charge is 0.242 e. The summed E-state index contributed by atoms with van der Waals surface area (Å²) in [7, 11) is -0.959. The molecule has 2 rings (SSSR count). The maximum absolute atomic E-state index is 12.7. The summed E-state index contributed by atoms with van der Waals surface area (Å²) >= 11 is 5.95. The minimum absolute atomic E-state index is 0.206. The average molecular weight is 300 g/mol. The second kappa shape index (κ2) is 5.94. The predicted molar refractivity (Wildman–Crippen MR) is 82.6 cm³/mol. The smallest absolute Gasteiger partial charge is 0.100 e. The number of benzene rings is 1. The van der Waals surface area contributed by atoms with Gasteiger partial charge in [-0.2, -0.15) is 0 Å². The molecule has 1 aliphatic heterocycles. The third kappa shape index (κ3) is 3.59. The predicted octanol–water partition coefficient (Wildman–Crippen LogP) is 4.33. The van der Waals surface area contributed by atoms with Gasteiger partial charge in [-0.25, -0.2) is 8.51 Å². The van der Waals surface area contributed by atoms with Crippen molar-refractivity contribution in [3.05, 3.63) is 34.9 Å². The van der Waals surface area contributed by atoms with Gasteiger partial charge in [0.15, 0.2) is 0 Å². The third-order valence-electron chi connectivity index (χ3n) is 3.45. The van der Waals surface area contributed by atoms with Gasteiger partial charge in [0, 0.05) is 17.6 Å². The van der Waals surface area contributed by atoms with Crippen LogP contribution in [0.2, 0.25) is 5.02 Å². The fourth-order valence-corrected chi connectivity index (χ4v) is 4.06. The van der Waals surface area contributed by atoms with E-state index in [1.165, 1.54) is 12.0 Å². The standard InChI is InChI=1S/C15H22ClNOS/c1-15(2,3)19(18)17-11-5-4-6-14(17)12-7-9-13(16)10-8-12/h7-10,14H,4-6,11H2,1-3H3/t14-,19-/m1/s1. The van der Waals surface area contributed by atoms with E-state index >= 15 is 0 Å². The zero-order valence-corrected chi connectivity index (χ0v) is 13.4. The van der Waals surface area contributed by atoms with Gasteiger partial charge in [-0.05, 0) is 51.3 Å². The Morgan fingerprint density at radius 2 is 1.84 bits per heavy atom. The van der Waals surface area contributed by atoms with Gasteiger partial charge in [0.2, 0.25) is 0 Å². The molecule has 0 saturated carbocycles. The molecule has 0 unspecified atom stereocenters. The van der Waals surface area contributed by atoms with Crippen molar-refractivity contribution in [1.29, 1.82) is 0 Å². The van der Waals surface area contributed by atoms with Crippen LogP contribution in [0.25, 0.3) is 0 Å². The number of piperidine rings is 1. The summed E-state index contributed by atoms with van der Waals surface area (Å²) in [5, 5.41) is 0.753. The van der Waals surface area contributed by atoms with Gasteiger partial charge in [0.1, 0.15) is 11.0 Å². The van der Waals surface area contributed by atoms with Crippen LogP contribution in [0.4, 0.5) is 0 Å². The molecule has 106 valence electrons. The van der Waals surface area contributed by atoms with E-state index in [2.05, 4.69) is 16.4 Å². The molecule has 4 heteroatoms. The molecule has 1 aromatic carbocycles. The van der Waals surface area contributed by atoms with Gasteiger partial charge in [-0.1, -0.05) is 30.2 Å². The van der Waals surface area contributed by atoms with Crippen molar-refractivity contribution >= 4 is 22.6 Å². The molecule has 0 N–H and O–H groups in total. The first-order valence-corrected chi connectivity index (χ1v) is 8.32. The summed E-state index contributed by atoms with van der Waals surface area (Å²) in [5.74, 6) is 0. The maximum atomic E-state index is 12.7. The van der Waals surface area contributed by atoms with Gasteiger partial charge in [-0.15, -0.1) is 0 Å². The molecule has 2 nitrogen and oxygen atoms in total. The lowest BCUT2D eigenvalue weighted by molar-refractivity contribution is 0.264. The first-order valence-electron chi connectivity index (χ1n) is 6.84. The van der Waals surface area contributed by atoms with Crippen LogP contribution in [0.15, 0.2) is 24.3 Å². The fraction of sp³-hybridized carbons (Fsp3) is 0.600. The lowest BCUT2D eigenvalue weighted by Gasteiger charge is -2.38. The molecule has 1 aliphatic rings. The molecular formula is C15H22ClNOS. The zero-order valence-electron chi connectivity index (χ0n) is 11.9. The SMILES string of the molecule is CC(C)(C)[S@@](=O)N1CCCC[C@@H]1c1ccc(Cl)cc1. The van der Waals surface area contributed by atoms with Gasteiger partial charge in [0.05, 0.1) is 4.75 Å². The van der Waals surface area contributed by atoms with E-state index in [0.717, 1.165) is 24.4 Å². The summed E-state index contributed by atoms with van der Waals surface area (Å²) in [4.78, 5) is 0. The third-order valence-corrected chi connectivity index (χ3v) is 5.61. The van der Waals surface area contributed by atoms with Gasteiger partial charge < -0.3 is 0 Å².